The number of carbonyl (C=O) groups excluding carboxylic acids is 1. The highest BCUT2D eigenvalue weighted by Gasteiger charge is 2.29. The molecule has 0 aromatic heterocycles. The normalized spacial score (nSPS) is 16.6. The third-order valence-corrected chi connectivity index (χ3v) is 3.10. The molecule has 3 nitrogen and oxygen atoms in total. The molecule has 1 amide bonds. The molecule has 0 saturated carbocycles. The second-order valence-corrected chi connectivity index (χ2v) is 5.60. The number of hydrogen-bond acceptors (Lipinski definition) is 2. The van der Waals surface area contributed by atoms with Crippen LogP contribution in [0.3, 0.4) is 0 Å². The lowest BCUT2D eigenvalue weighted by atomic mass is 9.82. The van der Waals surface area contributed by atoms with Crippen molar-refractivity contribution in [1.29, 1.82) is 0 Å². The summed E-state index contributed by atoms with van der Waals surface area (Å²) in [5, 5.41) is 2.76. The molecule has 3 N–H and O–H groups in total. The molecule has 0 saturated heterocycles. The second-order valence-electron chi connectivity index (χ2n) is 5.60. The summed E-state index contributed by atoms with van der Waals surface area (Å²) < 4.78 is 13.5. The summed E-state index contributed by atoms with van der Waals surface area (Å²) >= 11 is 0. The first-order valence-electron chi connectivity index (χ1n) is 5.67. The SMILES string of the molecule is CC(C)(C)C(N)c1cc(F)cc2c1NC(=O)C2. The molecule has 1 aromatic carbocycles. The predicted octanol–water partition coefficient (Wildman–Crippen LogP) is 2.37. The van der Waals surface area contributed by atoms with E-state index in [1.54, 1.807) is 0 Å². The molecule has 0 bridgehead atoms. The van der Waals surface area contributed by atoms with Gasteiger partial charge in [-0.3, -0.25) is 4.79 Å². The first kappa shape index (κ1) is 12.0. The molecule has 1 aliphatic heterocycles. The number of halogens is 1. The summed E-state index contributed by atoms with van der Waals surface area (Å²) in [6.45, 7) is 5.98. The first-order chi connectivity index (χ1) is 7.79. The Balaban J connectivity index is 2.52. The number of anilines is 1. The number of rotatable bonds is 1. The Morgan fingerprint density at radius 1 is 1.41 bits per heavy atom. The van der Waals surface area contributed by atoms with Gasteiger partial charge in [-0.05, 0) is 28.7 Å². The fourth-order valence-electron chi connectivity index (χ4n) is 2.05. The van der Waals surface area contributed by atoms with Crippen molar-refractivity contribution >= 4 is 11.6 Å². The van der Waals surface area contributed by atoms with Crippen LogP contribution in [0.15, 0.2) is 12.1 Å². The molecule has 1 aliphatic rings. The van der Waals surface area contributed by atoms with Crippen LogP contribution in [0.5, 0.6) is 0 Å². The van der Waals surface area contributed by atoms with E-state index in [4.69, 9.17) is 5.73 Å². The number of carbonyl (C=O) groups is 1. The van der Waals surface area contributed by atoms with Crippen LogP contribution in [0.4, 0.5) is 10.1 Å². The number of hydrogen-bond donors (Lipinski definition) is 2. The van der Waals surface area contributed by atoms with Gasteiger partial charge >= 0.3 is 0 Å². The van der Waals surface area contributed by atoms with Crippen molar-refractivity contribution < 1.29 is 9.18 Å². The van der Waals surface area contributed by atoms with Gasteiger partial charge in [0.05, 0.1) is 6.42 Å². The Bertz CT molecular complexity index is 477. The van der Waals surface area contributed by atoms with Crippen LogP contribution in [0.1, 0.15) is 37.9 Å². The lowest BCUT2D eigenvalue weighted by Gasteiger charge is -2.28. The van der Waals surface area contributed by atoms with E-state index in [1.807, 2.05) is 20.8 Å². The molecule has 0 radical (unpaired) electrons. The summed E-state index contributed by atoms with van der Waals surface area (Å²) in [5.41, 5.74) is 8.03. The summed E-state index contributed by atoms with van der Waals surface area (Å²) in [6, 6.07) is 2.50. The van der Waals surface area contributed by atoms with Crippen LogP contribution in [0, 0.1) is 11.2 Å². The standard InChI is InChI=1S/C13H17FN2O/c1-13(2,3)12(15)9-6-8(14)4-7-5-10(17)16-11(7)9/h4,6,12H,5,15H2,1-3H3,(H,16,17). The van der Waals surface area contributed by atoms with E-state index < -0.39 is 0 Å². The maximum Gasteiger partial charge on any atom is 0.228 e. The minimum absolute atomic E-state index is 0.104. The Morgan fingerprint density at radius 2 is 2.06 bits per heavy atom. The maximum atomic E-state index is 13.5. The third kappa shape index (κ3) is 2.17. The van der Waals surface area contributed by atoms with Gasteiger partial charge in [-0.15, -0.1) is 0 Å². The van der Waals surface area contributed by atoms with Crippen LogP contribution in [-0.2, 0) is 11.2 Å². The van der Waals surface area contributed by atoms with Gasteiger partial charge < -0.3 is 11.1 Å². The van der Waals surface area contributed by atoms with Gasteiger partial charge in [-0.1, -0.05) is 20.8 Å². The maximum absolute atomic E-state index is 13.5. The van der Waals surface area contributed by atoms with Crippen molar-refractivity contribution in [2.45, 2.75) is 33.2 Å². The number of amides is 1. The Labute approximate surface area is 100 Å². The van der Waals surface area contributed by atoms with Crippen molar-refractivity contribution in [1.82, 2.24) is 0 Å². The van der Waals surface area contributed by atoms with Crippen molar-refractivity contribution in [3.8, 4) is 0 Å². The van der Waals surface area contributed by atoms with Crippen LogP contribution in [0.25, 0.3) is 0 Å². The number of benzene rings is 1. The van der Waals surface area contributed by atoms with E-state index >= 15 is 0 Å². The molecular weight excluding hydrogens is 219 g/mol. The van der Waals surface area contributed by atoms with E-state index in [-0.39, 0.29) is 29.6 Å². The number of fused-ring (bicyclic) bond motifs is 1. The zero-order valence-electron chi connectivity index (χ0n) is 10.3. The molecule has 0 fully saturated rings. The topological polar surface area (TPSA) is 55.1 Å². The number of nitrogens with one attached hydrogen (secondary N) is 1. The Morgan fingerprint density at radius 3 is 2.65 bits per heavy atom. The van der Waals surface area contributed by atoms with Crippen LogP contribution in [0.2, 0.25) is 0 Å². The Kier molecular flexibility index (Phi) is 2.70. The summed E-state index contributed by atoms with van der Waals surface area (Å²) in [4.78, 5) is 11.4. The zero-order chi connectivity index (χ0) is 12.8. The van der Waals surface area contributed by atoms with E-state index in [1.165, 1.54) is 12.1 Å². The van der Waals surface area contributed by atoms with Crippen LogP contribution >= 0.6 is 0 Å². The van der Waals surface area contributed by atoms with E-state index in [0.717, 1.165) is 0 Å². The lowest BCUT2D eigenvalue weighted by Crippen LogP contribution is -2.27. The minimum Gasteiger partial charge on any atom is -0.325 e. The van der Waals surface area contributed by atoms with Gasteiger partial charge in [-0.25, -0.2) is 4.39 Å². The molecule has 0 aliphatic carbocycles. The highest BCUT2D eigenvalue weighted by Crippen LogP contribution is 2.38. The number of nitrogens with two attached hydrogens (primary N) is 1. The fourth-order valence-corrected chi connectivity index (χ4v) is 2.05. The monoisotopic (exact) mass is 236 g/mol. The summed E-state index contributed by atoms with van der Waals surface area (Å²) in [7, 11) is 0. The van der Waals surface area contributed by atoms with Gasteiger partial charge in [0.15, 0.2) is 0 Å². The lowest BCUT2D eigenvalue weighted by molar-refractivity contribution is -0.115. The second kappa shape index (κ2) is 3.81. The molecule has 0 spiro atoms. The molecule has 2 rings (SSSR count). The average Bonchev–Trinajstić information content (AvgIpc) is 2.54. The largest absolute Gasteiger partial charge is 0.325 e. The smallest absolute Gasteiger partial charge is 0.228 e. The zero-order valence-corrected chi connectivity index (χ0v) is 10.3. The highest BCUT2D eigenvalue weighted by molar-refractivity contribution is 6.00. The summed E-state index contributed by atoms with van der Waals surface area (Å²) in [5.74, 6) is -0.442. The average molecular weight is 236 g/mol. The Hall–Kier alpha value is -1.42. The van der Waals surface area contributed by atoms with Crippen LogP contribution < -0.4 is 11.1 Å². The molecule has 1 atom stereocenters. The van der Waals surface area contributed by atoms with Crippen LogP contribution in [-0.4, -0.2) is 5.91 Å². The van der Waals surface area contributed by atoms with Gasteiger partial charge in [0, 0.05) is 11.7 Å². The van der Waals surface area contributed by atoms with E-state index in [9.17, 15) is 9.18 Å². The fraction of sp³-hybridized carbons (Fsp3) is 0.462. The van der Waals surface area contributed by atoms with Crippen molar-refractivity contribution in [2.24, 2.45) is 11.1 Å². The van der Waals surface area contributed by atoms with Crippen molar-refractivity contribution in [2.75, 3.05) is 5.32 Å². The van der Waals surface area contributed by atoms with Gasteiger partial charge in [0.1, 0.15) is 5.82 Å². The van der Waals surface area contributed by atoms with E-state index in [2.05, 4.69) is 5.32 Å². The molecule has 17 heavy (non-hydrogen) atoms. The predicted molar refractivity (Wildman–Crippen MR) is 65.1 cm³/mol. The van der Waals surface area contributed by atoms with Gasteiger partial charge in [0.2, 0.25) is 5.91 Å². The summed E-state index contributed by atoms with van der Waals surface area (Å²) in [6.07, 6.45) is 0.233. The molecule has 4 heteroatoms. The first-order valence-corrected chi connectivity index (χ1v) is 5.67. The van der Waals surface area contributed by atoms with E-state index in [0.29, 0.717) is 16.8 Å². The third-order valence-electron chi connectivity index (χ3n) is 3.10. The quantitative estimate of drug-likeness (QED) is 0.786. The molecule has 1 unspecified atom stereocenters. The minimum atomic E-state index is -0.338. The molecular formula is C13H17FN2O. The van der Waals surface area contributed by atoms with Crippen molar-refractivity contribution in [3.05, 3.63) is 29.1 Å². The van der Waals surface area contributed by atoms with Gasteiger partial charge in [-0.2, -0.15) is 0 Å². The molecule has 92 valence electrons. The van der Waals surface area contributed by atoms with Crippen molar-refractivity contribution in [3.63, 3.8) is 0 Å². The highest BCUT2D eigenvalue weighted by atomic mass is 19.1. The molecule has 1 heterocycles. The van der Waals surface area contributed by atoms with Gasteiger partial charge in [0.25, 0.3) is 0 Å². The molecule has 1 aromatic rings.